The molecule has 0 radical (unpaired) electrons. The first-order chi connectivity index (χ1) is 14.9. The van der Waals surface area contributed by atoms with Crippen LogP contribution in [0.5, 0.6) is 11.5 Å². The van der Waals surface area contributed by atoms with Crippen molar-refractivity contribution in [2.24, 2.45) is 0 Å². The molecule has 1 fully saturated rings. The Hall–Kier alpha value is -3.11. The van der Waals surface area contributed by atoms with Crippen molar-refractivity contribution in [1.29, 1.82) is 0 Å². The van der Waals surface area contributed by atoms with Gasteiger partial charge in [0.2, 0.25) is 21.7 Å². The molecule has 9 nitrogen and oxygen atoms in total. The van der Waals surface area contributed by atoms with E-state index in [4.69, 9.17) is 14.0 Å². The molecule has 0 aliphatic carbocycles. The van der Waals surface area contributed by atoms with Crippen LogP contribution in [-0.4, -0.2) is 63.3 Å². The molecule has 0 bridgehead atoms. The molecule has 2 aromatic carbocycles. The molecule has 0 atom stereocenters. The Labute approximate surface area is 181 Å². The predicted octanol–water partition coefficient (Wildman–Crippen LogP) is 2.57. The normalized spacial score (nSPS) is 15.1. The fourth-order valence-electron chi connectivity index (χ4n) is 3.56. The lowest BCUT2D eigenvalue weighted by Gasteiger charge is -2.35. The fraction of sp³-hybridized carbons (Fsp3) is 0.333. The lowest BCUT2D eigenvalue weighted by molar-refractivity contribution is 0.384. The van der Waals surface area contributed by atoms with Gasteiger partial charge >= 0.3 is 0 Å². The first-order valence-corrected chi connectivity index (χ1v) is 11.2. The van der Waals surface area contributed by atoms with Crippen molar-refractivity contribution in [3.63, 3.8) is 0 Å². The quantitative estimate of drug-likeness (QED) is 0.572. The second-order valence-electron chi connectivity index (χ2n) is 7.09. The number of benzene rings is 2. The van der Waals surface area contributed by atoms with E-state index in [0.717, 1.165) is 11.4 Å². The summed E-state index contributed by atoms with van der Waals surface area (Å²) in [5.41, 5.74) is 1.51. The molecule has 0 unspecified atom stereocenters. The molecule has 0 spiro atoms. The van der Waals surface area contributed by atoms with Crippen LogP contribution < -0.4 is 14.4 Å². The Morgan fingerprint density at radius 3 is 2.26 bits per heavy atom. The third kappa shape index (κ3) is 4.21. The number of aromatic nitrogens is 2. The zero-order valence-corrected chi connectivity index (χ0v) is 18.4. The van der Waals surface area contributed by atoms with E-state index >= 15 is 0 Å². The van der Waals surface area contributed by atoms with Crippen molar-refractivity contribution in [2.75, 3.05) is 45.3 Å². The number of methoxy groups -OCH3 is 2. The summed E-state index contributed by atoms with van der Waals surface area (Å²) in [4.78, 5) is 6.53. The van der Waals surface area contributed by atoms with Gasteiger partial charge in [-0.2, -0.15) is 9.29 Å². The van der Waals surface area contributed by atoms with Crippen LogP contribution in [0.1, 0.15) is 5.89 Å². The summed E-state index contributed by atoms with van der Waals surface area (Å²) in [7, 11) is -0.542. The van der Waals surface area contributed by atoms with Crippen molar-refractivity contribution in [2.45, 2.75) is 11.8 Å². The van der Waals surface area contributed by atoms with Gasteiger partial charge in [-0.05, 0) is 42.5 Å². The minimum atomic E-state index is -3.68. The van der Waals surface area contributed by atoms with Gasteiger partial charge in [-0.15, -0.1) is 0 Å². The van der Waals surface area contributed by atoms with Crippen LogP contribution in [0.15, 0.2) is 51.9 Å². The summed E-state index contributed by atoms with van der Waals surface area (Å²) in [5, 5.41) is 3.90. The number of hydrogen-bond donors (Lipinski definition) is 0. The number of piperazine rings is 1. The van der Waals surface area contributed by atoms with E-state index in [0.29, 0.717) is 43.4 Å². The van der Waals surface area contributed by atoms with Crippen LogP contribution in [0, 0.1) is 6.92 Å². The molecule has 1 aromatic heterocycles. The zero-order valence-electron chi connectivity index (χ0n) is 17.6. The van der Waals surface area contributed by atoms with Crippen molar-refractivity contribution >= 4 is 15.7 Å². The number of sulfonamides is 1. The van der Waals surface area contributed by atoms with E-state index in [1.165, 1.54) is 17.5 Å². The van der Waals surface area contributed by atoms with Crippen LogP contribution in [0.2, 0.25) is 0 Å². The van der Waals surface area contributed by atoms with Gasteiger partial charge < -0.3 is 18.9 Å². The minimum absolute atomic E-state index is 0.170. The van der Waals surface area contributed by atoms with Crippen LogP contribution in [0.4, 0.5) is 5.69 Å². The van der Waals surface area contributed by atoms with Crippen molar-refractivity contribution in [3.05, 3.63) is 48.4 Å². The van der Waals surface area contributed by atoms with Gasteiger partial charge in [-0.25, -0.2) is 8.42 Å². The maximum Gasteiger partial charge on any atom is 0.243 e. The Morgan fingerprint density at radius 2 is 1.68 bits per heavy atom. The number of hydrogen-bond acceptors (Lipinski definition) is 8. The van der Waals surface area contributed by atoms with Gasteiger partial charge in [0.25, 0.3) is 0 Å². The summed E-state index contributed by atoms with van der Waals surface area (Å²) < 4.78 is 43.7. The Kier molecular flexibility index (Phi) is 5.84. The predicted molar refractivity (Wildman–Crippen MR) is 115 cm³/mol. The number of anilines is 1. The molecule has 0 N–H and O–H groups in total. The number of rotatable bonds is 6. The summed E-state index contributed by atoms with van der Waals surface area (Å²) in [6, 6.07) is 12.4. The molecule has 10 heteroatoms. The molecule has 1 saturated heterocycles. The van der Waals surface area contributed by atoms with Gasteiger partial charge in [0.1, 0.15) is 11.5 Å². The molecule has 4 rings (SSSR count). The Bertz CT molecular complexity index is 1150. The largest absolute Gasteiger partial charge is 0.497 e. The standard InChI is InChI=1S/C21H24N4O5S/c1-15-22-21(23-30-15)19-14-18(8-9-20(19)29-3)31(26,27)25-12-10-24(11-13-25)16-4-6-17(28-2)7-5-16/h4-9,14H,10-13H2,1-3H3. The average Bonchev–Trinajstić information content (AvgIpc) is 3.25. The number of aryl methyl sites for hydroxylation is 1. The molecular weight excluding hydrogens is 420 g/mol. The smallest absolute Gasteiger partial charge is 0.243 e. The van der Waals surface area contributed by atoms with E-state index < -0.39 is 10.0 Å². The third-order valence-corrected chi connectivity index (χ3v) is 7.15. The van der Waals surface area contributed by atoms with E-state index in [-0.39, 0.29) is 10.7 Å². The summed E-state index contributed by atoms with van der Waals surface area (Å²) in [5.74, 6) is 1.94. The van der Waals surface area contributed by atoms with Crippen LogP contribution in [-0.2, 0) is 10.0 Å². The maximum absolute atomic E-state index is 13.3. The summed E-state index contributed by atoms with van der Waals surface area (Å²) in [6.45, 7) is 3.64. The molecule has 1 aliphatic heterocycles. The van der Waals surface area contributed by atoms with Crippen molar-refractivity contribution in [3.8, 4) is 22.9 Å². The Morgan fingerprint density at radius 1 is 0.968 bits per heavy atom. The Balaban J connectivity index is 1.54. The SMILES string of the molecule is COc1ccc(N2CCN(S(=O)(=O)c3ccc(OC)c(-c4noc(C)n4)c3)CC2)cc1. The monoisotopic (exact) mass is 444 g/mol. The van der Waals surface area contributed by atoms with Crippen molar-refractivity contribution in [1.82, 2.24) is 14.4 Å². The molecular formula is C21H24N4O5S. The third-order valence-electron chi connectivity index (χ3n) is 5.25. The first-order valence-electron chi connectivity index (χ1n) is 9.80. The highest BCUT2D eigenvalue weighted by Gasteiger charge is 2.30. The minimum Gasteiger partial charge on any atom is -0.497 e. The highest BCUT2D eigenvalue weighted by Crippen LogP contribution is 2.32. The molecule has 0 amide bonds. The lowest BCUT2D eigenvalue weighted by atomic mass is 10.2. The van der Waals surface area contributed by atoms with Gasteiger partial charge in [0, 0.05) is 38.8 Å². The van der Waals surface area contributed by atoms with E-state index in [9.17, 15) is 8.42 Å². The molecule has 31 heavy (non-hydrogen) atoms. The van der Waals surface area contributed by atoms with Crippen LogP contribution >= 0.6 is 0 Å². The number of nitrogens with zero attached hydrogens (tertiary/aromatic N) is 4. The fourth-order valence-corrected chi connectivity index (χ4v) is 5.01. The topological polar surface area (TPSA) is 98.0 Å². The second-order valence-corrected chi connectivity index (χ2v) is 9.03. The van der Waals surface area contributed by atoms with Gasteiger partial charge in [-0.1, -0.05) is 5.16 Å². The van der Waals surface area contributed by atoms with Crippen LogP contribution in [0.3, 0.4) is 0 Å². The van der Waals surface area contributed by atoms with Gasteiger partial charge in [0.15, 0.2) is 0 Å². The molecule has 2 heterocycles. The van der Waals surface area contributed by atoms with Gasteiger partial charge in [-0.3, -0.25) is 0 Å². The second kappa shape index (κ2) is 8.56. The molecule has 0 saturated carbocycles. The van der Waals surface area contributed by atoms with E-state index in [1.54, 1.807) is 26.2 Å². The number of ether oxygens (including phenoxy) is 2. The van der Waals surface area contributed by atoms with E-state index in [1.807, 2.05) is 24.3 Å². The zero-order chi connectivity index (χ0) is 22.0. The average molecular weight is 445 g/mol. The summed E-state index contributed by atoms with van der Waals surface area (Å²) in [6.07, 6.45) is 0. The summed E-state index contributed by atoms with van der Waals surface area (Å²) >= 11 is 0. The molecule has 1 aliphatic rings. The van der Waals surface area contributed by atoms with Crippen LogP contribution in [0.25, 0.3) is 11.4 Å². The molecule has 164 valence electrons. The van der Waals surface area contributed by atoms with Gasteiger partial charge in [0.05, 0.1) is 24.7 Å². The van der Waals surface area contributed by atoms with Crippen molar-refractivity contribution < 1.29 is 22.4 Å². The first kappa shape index (κ1) is 21.1. The maximum atomic E-state index is 13.3. The molecule has 3 aromatic rings. The highest BCUT2D eigenvalue weighted by atomic mass is 32.2. The van der Waals surface area contributed by atoms with E-state index in [2.05, 4.69) is 15.0 Å². The highest BCUT2D eigenvalue weighted by molar-refractivity contribution is 7.89. The lowest BCUT2D eigenvalue weighted by Crippen LogP contribution is -2.48.